The number of ether oxygens (including phenoxy) is 1. The fourth-order valence-electron chi connectivity index (χ4n) is 3.48. The average Bonchev–Trinajstić information content (AvgIpc) is 3.03. The van der Waals surface area contributed by atoms with Crippen molar-refractivity contribution < 1.29 is 24.2 Å². The van der Waals surface area contributed by atoms with Crippen LogP contribution < -0.4 is 10.6 Å². The number of rotatable bonds is 7. The SMILES string of the molecule is CC(C)(NC(=O)OCC1c2ccccc2-c2ccccc21)C(=O)NC/C=C/C(=O)O. The van der Waals surface area contributed by atoms with Gasteiger partial charge in [0.25, 0.3) is 0 Å². The van der Waals surface area contributed by atoms with Gasteiger partial charge in [0.1, 0.15) is 12.1 Å². The molecule has 0 fully saturated rings. The normalized spacial score (nSPS) is 12.9. The Hall–Kier alpha value is -3.61. The fourth-order valence-corrected chi connectivity index (χ4v) is 3.48. The first-order chi connectivity index (χ1) is 14.3. The molecule has 156 valence electrons. The third-order valence-electron chi connectivity index (χ3n) is 4.97. The summed E-state index contributed by atoms with van der Waals surface area (Å²) in [6.45, 7) is 3.29. The van der Waals surface area contributed by atoms with Gasteiger partial charge in [0, 0.05) is 18.5 Å². The van der Waals surface area contributed by atoms with Crippen LogP contribution in [0.15, 0.2) is 60.7 Å². The largest absolute Gasteiger partial charge is 0.478 e. The number of fused-ring (bicyclic) bond motifs is 3. The van der Waals surface area contributed by atoms with Gasteiger partial charge in [-0.15, -0.1) is 0 Å². The molecule has 0 spiro atoms. The van der Waals surface area contributed by atoms with Crippen molar-refractivity contribution in [3.8, 4) is 11.1 Å². The smallest absolute Gasteiger partial charge is 0.408 e. The molecule has 0 aromatic heterocycles. The second-order valence-electron chi connectivity index (χ2n) is 7.53. The van der Waals surface area contributed by atoms with Crippen molar-refractivity contribution in [2.24, 2.45) is 0 Å². The highest BCUT2D eigenvalue weighted by Crippen LogP contribution is 2.44. The van der Waals surface area contributed by atoms with E-state index in [-0.39, 0.29) is 19.1 Å². The molecule has 3 rings (SSSR count). The molecule has 0 aliphatic heterocycles. The average molecular weight is 408 g/mol. The maximum Gasteiger partial charge on any atom is 0.408 e. The highest BCUT2D eigenvalue weighted by atomic mass is 16.5. The van der Waals surface area contributed by atoms with Crippen LogP contribution in [-0.2, 0) is 14.3 Å². The van der Waals surface area contributed by atoms with Crippen LogP contribution in [0, 0.1) is 0 Å². The Morgan fingerprint density at radius 2 is 1.60 bits per heavy atom. The van der Waals surface area contributed by atoms with Crippen molar-refractivity contribution in [3.05, 3.63) is 71.8 Å². The summed E-state index contributed by atoms with van der Waals surface area (Å²) in [6.07, 6.45) is 1.55. The van der Waals surface area contributed by atoms with E-state index in [0.29, 0.717) is 0 Å². The summed E-state index contributed by atoms with van der Waals surface area (Å²) in [5, 5.41) is 13.7. The summed E-state index contributed by atoms with van der Waals surface area (Å²) in [5.41, 5.74) is 3.26. The molecule has 0 saturated carbocycles. The number of hydrogen-bond donors (Lipinski definition) is 3. The van der Waals surface area contributed by atoms with E-state index in [2.05, 4.69) is 22.8 Å². The van der Waals surface area contributed by atoms with Crippen LogP contribution >= 0.6 is 0 Å². The molecule has 3 N–H and O–H groups in total. The zero-order valence-electron chi connectivity index (χ0n) is 16.8. The van der Waals surface area contributed by atoms with E-state index >= 15 is 0 Å². The van der Waals surface area contributed by atoms with Crippen molar-refractivity contribution in [1.82, 2.24) is 10.6 Å². The maximum atomic E-state index is 12.4. The van der Waals surface area contributed by atoms with Crippen molar-refractivity contribution >= 4 is 18.0 Å². The first-order valence-corrected chi connectivity index (χ1v) is 9.60. The molecule has 7 nitrogen and oxygen atoms in total. The van der Waals surface area contributed by atoms with Crippen LogP contribution in [0.25, 0.3) is 11.1 Å². The number of carbonyl (C=O) groups is 3. The van der Waals surface area contributed by atoms with Gasteiger partial charge < -0.3 is 20.5 Å². The fraction of sp³-hybridized carbons (Fsp3) is 0.261. The Labute approximate surface area is 174 Å². The Kier molecular flexibility index (Phi) is 6.20. The van der Waals surface area contributed by atoms with Crippen LogP contribution in [0.4, 0.5) is 4.79 Å². The van der Waals surface area contributed by atoms with Crippen molar-refractivity contribution in [2.75, 3.05) is 13.2 Å². The highest BCUT2D eigenvalue weighted by Gasteiger charge is 2.32. The zero-order chi connectivity index (χ0) is 21.7. The third kappa shape index (κ3) is 4.68. The van der Waals surface area contributed by atoms with E-state index < -0.39 is 23.5 Å². The van der Waals surface area contributed by atoms with Gasteiger partial charge in [-0.3, -0.25) is 4.79 Å². The summed E-state index contributed by atoms with van der Waals surface area (Å²) < 4.78 is 5.46. The predicted octanol–water partition coefficient (Wildman–Crippen LogP) is 3.06. The van der Waals surface area contributed by atoms with Crippen molar-refractivity contribution in [3.63, 3.8) is 0 Å². The molecule has 0 heterocycles. The van der Waals surface area contributed by atoms with E-state index in [9.17, 15) is 14.4 Å². The molecule has 2 aromatic carbocycles. The number of alkyl carbamates (subject to hydrolysis) is 1. The van der Waals surface area contributed by atoms with Gasteiger partial charge >= 0.3 is 12.1 Å². The van der Waals surface area contributed by atoms with Gasteiger partial charge in [-0.1, -0.05) is 54.6 Å². The lowest BCUT2D eigenvalue weighted by molar-refractivity contribution is -0.131. The Morgan fingerprint density at radius 1 is 1.03 bits per heavy atom. The van der Waals surface area contributed by atoms with Crippen LogP contribution in [0.3, 0.4) is 0 Å². The van der Waals surface area contributed by atoms with E-state index in [1.165, 1.54) is 6.08 Å². The Balaban J connectivity index is 1.59. The topological polar surface area (TPSA) is 105 Å². The number of benzene rings is 2. The molecule has 0 radical (unpaired) electrons. The summed E-state index contributed by atoms with van der Waals surface area (Å²) >= 11 is 0. The van der Waals surface area contributed by atoms with Crippen LogP contribution in [-0.4, -0.2) is 41.8 Å². The van der Waals surface area contributed by atoms with Crippen molar-refractivity contribution in [1.29, 1.82) is 0 Å². The van der Waals surface area contributed by atoms with Crippen molar-refractivity contribution in [2.45, 2.75) is 25.3 Å². The number of hydrogen-bond acceptors (Lipinski definition) is 4. The molecule has 0 unspecified atom stereocenters. The minimum absolute atomic E-state index is 0.0426. The lowest BCUT2D eigenvalue weighted by Crippen LogP contribution is -2.55. The molecule has 0 atom stereocenters. The number of amides is 2. The standard InChI is InChI=1S/C23H24N2O5/c1-23(2,21(28)24-13-7-12-20(26)27)25-22(29)30-14-19-17-10-5-3-8-15(17)16-9-4-6-11-18(16)19/h3-12,19H,13-14H2,1-2H3,(H,24,28)(H,25,29)(H,26,27)/b12-7+. The monoisotopic (exact) mass is 408 g/mol. The summed E-state index contributed by atoms with van der Waals surface area (Å²) in [5.74, 6) is -1.62. The molecule has 2 amide bonds. The third-order valence-corrected chi connectivity index (χ3v) is 4.97. The van der Waals surface area contributed by atoms with E-state index in [0.717, 1.165) is 28.3 Å². The molecule has 0 saturated heterocycles. The zero-order valence-corrected chi connectivity index (χ0v) is 16.8. The van der Waals surface area contributed by atoms with Gasteiger partial charge in [-0.2, -0.15) is 0 Å². The van der Waals surface area contributed by atoms with Crippen LogP contribution in [0.1, 0.15) is 30.9 Å². The second-order valence-corrected chi connectivity index (χ2v) is 7.53. The van der Waals surface area contributed by atoms with Crippen LogP contribution in [0.5, 0.6) is 0 Å². The Morgan fingerprint density at radius 3 is 2.17 bits per heavy atom. The van der Waals surface area contributed by atoms with Gasteiger partial charge in [0.05, 0.1) is 0 Å². The quantitative estimate of drug-likeness (QED) is 0.611. The lowest BCUT2D eigenvalue weighted by Gasteiger charge is -2.25. The predicted molar refractivity (Wildman–Crippen MR) is 112 cm³/mol. The molecular weight excluding hydrogens is 384 g/mol. The van der Waals surface area contributed by atoms with Crippen LogP contribution in [0.2, 0.25) is 0 Å². The number of aliphatic carboxylic acids is 1. The molecule has 30 heavy (non-hydrogen) atoms. The van der Waals surface area contributed by atoms with Gasteiger partial charge in [-0.05, 0) is 36.1 Å². The van der Waals surface area contributed by atoms with E-state index in [4.69, 9.17) is 9.84 Å². The molecule has 2 aromatic rings. The van der Waals surface area contributed by atoms with Gasteiger partial charge in [-0.25, -0.2) is 9.59 Å². The Bertz CT molecular complexity index is 951. The molecular formula is C23H24N2O5. The summed E-state index contributed by atoms with van der Waals surface area (Å²) in [7, 11) is 0. The number of nitrogens with one attached hydrogen (secondary N) is 2. The lowest BCUT2D eigenvalue weighted by atomic mass is 9.98. The summed E-state index contributed by atoms with van der Waals surface area (Å²) in [4.78, 5) is 35.1. The highest BCUT2D eigenvalue weighted by molar-refractivity contribution is 5.89. The maximum absolute atomic E-state index is 12.4. The molecule has 1 aliphatic carbocycles. The number of carbonyl (C=O) groups excluding carboxylic acids is 2. The first kappa shape index (κ1) is 21.1. The first-order valence-electron chi connectivity index (χ1n) is 9.60. The minimum Gasteiger partial charge on any atom is -0.478 e. The van der Waals surface area contributed by atoms with E-state index in [1.807, 2.05) is 36.4 Å². The molecule has 1 aliphatic rings. The number of carboxylic acid groups (broad SMARTS) is 1. The van der Waals surface area contributed by atoms with Gasteiger partial charge in [0.15, 0.2) is 0 Å². The second kappa shape index (κ2) is 8.82. The van der Waals surface area contributed by atoms with Gasteiger partial charge in [0.2, 0.25) is 5.91 Å². The minimum atomic E-state index is -1.22. The molecule has 7 heteroatoms. The van der Waals surface area contributed by atoms with E-state index in [1.54, 1.807) is 13.8 Å². The summed E-state index contributed by atoms with van der Waals surface area (Å²) in [6, 6.07) is 16.1. The number of carboxylic acids is 1. The molecule has 0 bridgehead atoms.